The van der Waals surface area contributed by atoms with Crippen LogP contribution in [0.2, 0.25) is 0 Å². The summed E-state index contributed by atoms with van der Waals surface area (Å²) in [5, 5.41) is 0. The monoisotopic (exact) mass is 278 g/mol. The van der Waals surface area contributed by atoms with Gasteiger partial charge in [0.05, 0.1) is 0 Å². The van der Waals surface area contributed by atoms with Gasteiger partial charge in [-0.3, -0.25) is 0 Å². The van der Waals surface area contributed by atoms with E-state index in [-0.39, 0.29) is 16.5 Å². The molecule has 0 bridgehead atoms. The molecule has 0 saturated heterocycles. The topological polar surface area (TPSA) is 0 Å². The average molecular weight is 279 g/mol. The minimum atomic E-state index is 0. The molecule has 17 heavy (non-hydrogen) atoms. The Balaban J connectivity index is 0.000000284. The van der Waals surface area contributed by atoms with Crippen LogP contribution in [-0.2, 0) is 16.5 Å². The molecule has 0 N–H and O–H groups in total. The van der Waals surface area contributed by atoms with Gasteiger partial charge in [-0.1, -0.05) is 50.0 Å². The van der Waals surface area contributed by atoms with Crippen molar-refractivity contribution in [3.05, 3.63) is 24.3 Å². The second-order valence-corrected chi connectivity index (χ2v) is 4.93. The van der Waals surface area contributed by atoms with Crippen LogP contribution in [0.4, 0.5) is 0 Å². The Kier molecular flexibility index (Phi) is 14.0. The Hall–Kier alpha value is -0.0265. The molecule has 2 aliphatic rings. The number of allylic oxidation sites excluding steroid dienone is 4. The smallest absolute Gasteiger partial charge is 0 e. The molecule has 0 fully saturated rings. The maximum Gasteiger partial charge on any atom is 0 e. The van der Waals surface area contributed by atoms with Gasteiger partial charge in [-0.25, -0.2) is 0 Å². The third-order valence-electron chi connectivity index (χ3n) is 3.32. The molecule has 2 aliphatic carbocycles. The Morgan fingerprint density at radius 2 is 0.588 bits per heavy atom. The van der Waals surface area contributed by atoms with Crippen LogP contribution >= 0.6 is 0 Å². The van der Waals surface area contributed by atoms with Crippen LogP contribution in [0.1, 0.15) is 77.0 Å². The first kappa shape index (κ1) is 17.0. The molecule has 0 aromatic rings. The molecule has 0 heterocycles. The van der Waals surface area contributed by atoms with Gasteiger partial charge in [0.25, 0.3) is 0 Å². The van der Waals surface area contributed by atoms with Gasteiger partial charge in [0, 0.05) is 16.5 Å². The summed E-state index contributed by atoms with van der Waals surface area (Å²) in [5.74, 6) is 0. The fourth-order valence-corrected chi connectivity index (χ4v) is 2.23. The van der Waals surface area contributed by atoms with Gasteiger partial charge in [0.15, 0.2) is 0 Å². The van der Waals surface area contributed by atoms with E-state index in [1.54, 1.807) is 0 Å². The maximum atomic E-state index is 2.32. The fraction of sp³-hybridized carbons (Fsp3) is 0.750. The molecular formula is C16H28Ni. The van der Waals surface area contributed by atoms with E-state index in [0.29, 0.717) is 0 Å². The van der Waals surface area contributed by atoms with Gasteiger partial charge in [-0.15, -0.1) is 0 Å². The number of hydrogen-bond acceptors (Lipinski definition) is 0. The minimum absolute atomic E-state index is 0. The summed E-state index contributed by atoms with van der Waals surface area (Å²) in [6.07, 6.45) is 26.0. The largest absolute Gasteiger partial charge is 0.0885 e. The van der Waals surface area contributed by atoms with Crippen molar-refractivity contribution >= 4 is 0 Å². The van der Waals surface area contributed by atoms with Crippen molar-refractivity contribution in [3.8, 4) is 0 Å². The first-order valence-electron chi connectivity index (χ1n) is 7.30. The zero-order valence-corrected chi connectivity index (χ0v) is 12.1. The molecule has 0 aromatic heterocycles. The van der Waals surface area contributed by atoms with E-state index in [9.17, 15) is 0 Å². The van der Waals surface area contributed by atoms with E-state index in [1.165, 1.54) is 77.0 Å². The standard InChI is InChI=1S/2C8H14.Ni/c2*1-2-4-6-8-7-5-3-1;/h2*1-2H,3-8H2;. The Morgan fingerprint density at radius 3 is 0.824 bits per heavy atom. The van der Waals surface area contributed by atoms with Crippen molar-refractivity contribution in [3.63, 3.8) is 0 Å². The summed E-state index contributed by atoms with van der Waals surface area (Å²) in [5.41, 5.74) is 0. The Bertz CT molecular complexity index is 152. The van der Waals surface area contributed by atoms with E-state index in [4.69, 9.17) is 0 Å². The summed E-state index contributed by atoms with van der Waals surface area (Å²) in [6, 6.07) is 0. The van der Waals surface area contributed by atoms with Crippen molar-refractivity contribution in [2.45, 2.75) is 77.0 Å². The molecule has 0 atom stereocenters. The summed E-state index contributed by atoms with van der Waals surface area (Å²) in [7, 11) is 0. The SMILES string of the molecule is C1=CCCCCCC1.C1=CCCCCCC1.[Ni]. The van der Waals surface area contributed by atoms with Crippen LogP contribution in [0, 0.1) is 0 Å². The van der Waals surface area contributed by atoms with Crippen LogP contribution in [-0.4, -0.2) is 0 Å². The van der Waals surface area contributed by atoms with Crippen molar-refractivity contribution in [1.29, 1.82) is 0 Å². The fourth-order valence-electron chi connectivity index (χ4n) is 2.23. The minimum Gasteiger partial charge on any atom is -0.0885 e. The quantitative estimate of drug-likeness (QED) is 0.389. The number of hydrogen-bond donors (Lipinski definition) is 0. The first-order valence-corrected chi connectivity index (χ1v) is 7.30. The predicted octanol–water partition coefficient (Wildman–Crippen LogP) is 5.79. The molecule has 1 heteroatoms. The molecule has 0 radical (unpaired) electrons. The van der Waals surface area contributed by atoms with Gasteiger partial charge in [0.2, 0.25) is 0 Å². The molecule has 0 nitrogen and oxygen atoms in total. The molecule has 0 amide bonds. The normalized spacial score (nSPS) is 20.7. The van der Waals surface area contributed by atoms with Crippen molar-refractivity contribution in [2.75, 3.05) is 0 Å². The van der Waals surface area contributed by atoms with Gasteiger partial charge in [-0.05, 0) is 51.4 Å². The van der Waals surface area contributed by atoms with Gasteiger partial charge in [-0.2, -0.15) is 0 Å². The zero-order valence-electron chi connectivity index (χ0n) is 11.1. The Morgan fingerprint density at radius 1 is 0.353 bits per heavy atom. The van der Waals surface area contributed by atoms with Gasteiger partial charge in [0.1, 0.15) is 0 Å². The van der Waals surface area contributed by atoms with Crippen molar-refractivity contribution < 1.29 is 16.5 Å². The Labute approximate surface area is 118 Å². The van der Waals surface area contributed by atoms with E-state index in [0.717, 1.165) is 0 Å². The third-order valence-corrected chi connectivity index (χ3v) is 3.32. The van der Waals surface area contributed by atoms with Crippen molar-refractivity contribution in [2.24, 2.45) is 0 Å². The summed E-state index contributed by atoms with van der Waals surface area (Å²) in [4.78, 5) is 0. The second kappa shape index (κ2) is 14.0. The zero-order chi connectivity index (χ0) is 11.3. The number of rotatable bonds is 0. The molecule has 0 unspecified atom stereocenters. The summed E-state index contributed by atoms with van der Waals surface area (Å²) in [6.45, 7) is 0. The second-order valence-electron chi connectivity index (χ2n) is 4.93. The summed E-state index contributed by atoms with van der Waals surface area (Å²) >= 11 is 0. The molecule has 0 aliphatic heterocycles. The molecular weight excluding hydrogens is 251 g/mol. The van der Waals surface area contributed by atoms with E-state index < -0.39 is 0 Å². The summed E-state index contributed by atoms with van der Waals surface area (Å²) < 4.78 is 0. The molecule has 2 rings (SSSR count). The van der Waals surface area contributed by atoms with Crippen molar-refractivity contribution in [1.82, 2.24) is 0 Å². The average Bonchev–Trinajstić information content (AvgIpc) is 2.15. The van der Waals surface area contributed by atoms with Crippen LogP contribution in [0.15, 0.2) is 24.3 Å². The molecule has 102 valence electrons. The molecule has 0 aromatic carbocycles. The van der Waals surface area contributed by atoms with Crippen LogP contribution in [0.5, 0.6) is 0 Å². The van der Waals surface area contributed by atoms with E-state index in [2.05, 4.69) is 24.3 Å². The van der Waals surface area contributed by atoms with Crippen LogP contribution in [0.25, 0.3) is 0 Å². The molecule has 0 saturated carbocycles. The predicted molar refractivity (Wildman–Crippen MR) is 73.7 cm³/mol. The van der Waals surface area contributed by atoms with E-state index >= 15 is 0 Å². The van der Waals surface area contributed by atoms with Crippen LogP contribution in [0.3, 0.4) is 0 Å². The van der Waals surface area contributed by atoms with Crippen LogP contribution < -0.4 is 0 Å². The first-order chi connectivity index (χ1) is 8.00. The maximum absolute atomic E-state index is 2.32. The van der Waals surface area contributed by atoms with Gasteiger partial charge < -0.3 is 0 Å². The third kappa shape index (κ3) is 12.2. The molecule has 0 spiro atoms. The van der Waals surface area contributed by atoms with E-state index in [1.807, 2.05) is 0 Å². The van der Waals surface area contributed by atoms with Gasteiger partial charge >= 0.3 is 0 Å².